The van der Waals surface area contributed by atoms with Gasteiger partial charge in [0.1, 0.15) is 11.5 Å². The summed E-state index contributed by atoms with van der Waals surface area (Å²) in [6.07, 6.45) is 1.67. The number of urea groups is 1. The normalized spacial score (nSPS) is 11.5. The van der Waals surface area contributed by atoms with Gasteiger partial charge in [0.15, 0.2) is 0 Å². The average Bonchev–Trinajstić information content (AvgIpc) is 3.26. The molecule has 2 amide bonds. The number of aromatic nitrogens is 1. The van der Waals surface area contributed by atoms with Gasteiger partial charge in [-0.1, -0.05) is 6.07 Å². The fourth-order valence-electron chi connectivity index (χ4n) is 2.58. The Labute approximate surface area is 168 Å². The molecule has 1 atom stereocenters. The van der Waals surface area contributed by atoms with Gasteiger partial charge >= 0.3 is 6.03 Å². The van der Waals surface area contributed by atoms with Crippen LogP contribution in [-0.2, 0) is 6.54 Å². The minimum atomic E-state index is -0.129. The summed E-state index contributed by atoms with van der Waals surface area (Å²) in [7, 11) is 3.41. The number of benzene rings is 1. The zero-order chi connectivity index (χ0) is 19.9. The number of hydrogen-bond acceptors (Lipinski definition) is 5. The lowest BCUT2D eigenvalue weighted by Crippen LogP contribution is -2.38. The standard InChI is InChI=1S/C21H23N3O3S/c1-15(19-5-4-12-28-19)24(2)21(25)23-14-16-10-11-22-20(13-16)27-18-8-6-17(26-3)7-9-18/h4-13,15H,14H2,1-3H3,(H,23,25). The molecule has 2 aromatic heterocycles. The lowest BCUT2D eigenvalue weighted by molar-refractivity contribution is 0.194. The van der Waals surface area contributed by atoms with Crippen LogP contribution < -0.4 is 14.8 Å². The number of nitrogens with zero attached hydrogens (tertiary/aromatic N) is 2. The highest BCUT2D eigenvalue weighted by molar-refractivity contribution is 7.10. The van der Waals surface area contributed by atoms with Crippen molar-refractivity contribution in [1.29, 1.82) is 0 Å². The van der Waals surface area contributed by atoms with Crippen molar-refractivity contribution in [1.82, 2.24) is 15.2 Å². The molecule has 0 aliphatic carbocycles. The topological polar surface area (TPSA) is 63.7 Å². The first-order valence-corrected chi connectivity index (χ1v) is 9.75. The van der Waals surface area contributed by atoms with Crippen LogP contribution in [0.15, 0.2) is 60.1 Å². The second kappa shape index (κ2) is 9.23. The van der Waals surface area contributed by atoms with Gasteiger partial charge in [-0.25, -0.2) is 9.78 Å². The Morgan fingerprint density at radius 1 is 1.21 bits per heavy atom. The fourth-order valence-corrected chi connectivity index (χ4v) is 3.41. The molecule has 0 aliphatic heterocycles. The van der Waals surface area contributed by atoms with Crippen LogP contribution in [0.3, 0.4) is 0 Å². The minimum Gasteiger partial charge on any atom is -0.497 e. The molecule has 1 unspecified atom stereocenters. The smallest absolute Gasteiger partial charge is 0.317 e. The van der Waals surface area contributed by atoms with Gasteiger partial charge in [0.05, 0.1) is 13.2 Å². The zero-order valence-electron chi connectivity index (χ0n) is 16.1. The molecule has 146 valence electrons. The van der Waals surface area contributed by atoms with Crippen LogP contribution in [0.2, 0.25) is 0 Å². The Morgan fingerprint density at radius 3 is 2.64 bits per heavy atom. The van der Waals surface area contributed by atoms with Crippen LogP contribution in [0.1, 0.15) is 23.4 Å². The lowest BCUT2D eigenvalue weighted by Gasteiger charge is -2.24. The van der Waals surface area contributed by atoms with Crippen molar-refractivity contribution in [3.8, 4) is 17.4 Å². The molecule has 3 rings (SSSR count). The Hall–Kier alpha value is -3.06. The number of thiophene rings is 1. The van der Waals surface area contributed by atoms with E-state index in [4.69, 9.17) is 9.47 Å². The van der Waals surface area contributed by atoms with E-state index in [1.165, 1.54) is 0 Å². The predicted octanol–water partition coefficient (Wildman–Crippen LogP) is 4.85. The highest BCUT2D eigenvalue weighted by Crippen LogP contribution is 2.24. The number of ether oxygens (including phenoxy) is 2. The average molecular weight is 398 g/mol. The molecule has 1 N–H and O–H groups in total. The molecule has 0 saturated carbocycles. The minimum absolute atomic E-state index is 0.0198. The van der Waals surface area contributed by atoms with Crippen LogP contribution in [0.4, 0.5) is 4.79 Å². The SMILES string of the molecule is COc1ccc(Oc2cc(CNC(=O)N(C)C(C)c3cccs3)ccn2)cc1. The molecular weight excluding hydrogens is 374 g/mol. The van der Waals surface area contributed by atoms with Gasteiger partial charge in [-0.05, 0) is 54.3 Å². The largest absolute Gasteiger partial charge is 0.497 e. The molecule has 6 nitrogen and oxygen atoms in total. The fraction of sp³-hybridized carbons (Fsp3) is 0.238. The van der Waals surface area contributed by atoms with Gasteiger partial charge in [0, 0.05) is 30.7 Å². The highest BCUT2D eigenvalue weighted by atomic mass is 32.1. The van der Waals surface area contributed by atoms with E-state index in [1.807, 2.05) is 60.8 Å². The molecule has 28 heavy (non-hydrogen) atoms. The summed E-state index contributed by atoms with van der Waals surface area (Å²) in [6, 6.07) is 14.9. The molecule has 7 heteroatoms. The van der Waals surface area contributed by atoms with E-state index in [2.05, 4.69) is 10.3 Å². The number of methoxy groups -OCH3 is 1. The number of amides is 2. The molecule has 0 spiro atoms. The lowest BCUT2D eigenvalue weighted by atomic mass is 10.2. The quantitative estimate of drug-likeness (QED) is 0.619. The summed E-state index contributed by atoms with van der Waals surface area (Å²) in [5, 5.41) is 4.95. The summed E-state index contributed by atoms with van der Waals surface area (Å²) in [5.41, 5.74) is 0.907. The Morgan fingerprint density at radius 2 is 1.96 bits per heavy atom. The van der Waals surface area contributed by atoms with E-state index in [0.29, 0.717) is 18.2 Å². The van der Waals surface area contributed by atoms with E-state index in [9.17, 15) is 4.79 Å². The third kappa shape index (κ3) is 5.01. The number of pyridine rings is 1. The summed E-state index contributed by atoms with van der Waals surface area (Å²) in [6.45, 7) is 2.40. The molecule has 0 fully saturated rings. The van der Waals surface area contributed by atoms with Crippen molar-refractivity contribution in [3.05, 3.63) is 70.5 Å². The zero-order valence-corrected chi connectivity index (χ0v) is 16.9. The van der Waals surface area contributed by atoms with Crippen molar-refractivity contribution in [2.24, 2.45) is 0 Å². The molecule has 0 saturated heterocycles. The second-order valence-electron chi connectivity index (χ2n) is 6.24. The van der Waals surface area contributed by atoms with Crippen molar-refractivity contribution >= 4 is 17.4 Å². The molecule has 0 radical (unpaired) electrons. The van der Waals surface area contributed by atoms with E-state index in [1.54, 1.807) is 36.6 Å². The number of carbonyl (C=O) groups is 1. The first kappa shape index (κ1) is 19.7. The third-order valence-corrected chi connectivity index (χ3v) is 5.42. The van der Waals surface area contributed by atoms with Crippen LogP contribution in [0, 0.1) is 0 Å². The maximum absolute atomic E-state index is 12.5. The number of rotatable bonds is 7. The number of nitrogens with one attached hydrogen (secondary N) is 1. The molecule has 0 bridgehead atoms. The van der Waals surface area contributed by atoms with Crippen LogP contribution in [0.25, 0.3) is 0 Å². The Balaban J connectivity index is 1.57. The van der Waals surface area contributed by atoms with Gasteiger partial charge in [0.25, 0.3) is 0 Å². The summed E-state index contributed by atoms with van der Waals surface area (Å²) < 4.78 is 10.9. The molecule has 0 aliphatic rings. The Kier molecular flexibility index (Phi) is 6.49. The van der Waals surface area contributed by atoms with Gasteiger partial charge in [-0.2, -0.15) is 0 Å². The Bertz CT molecular complexity index is 898. The van der Waals surface area contributed by atoms with E-state index >= 15 is 0 Å². The van der Waals surface area contributed by atoms with Crippen LogP contribution in [0.5, 0.6) is 17.4 Å². The summed E-state index contributed by atoms with van der Waals surface area (Å²) in [5.74, 6) is 1.90. The van der Waals surface area contributed by atoms with Gasteiger partial charge < -0.3 is 19.7 Å². The second-order valence-corrected chi connectivity index (χ2v) is 7.22. The number of hydrogen-bond donors (Lipinski definition) is 1. The van der Waals surface area contributed by atoms with Gasteiger partial charge in [-0.15, -0.1) is 11.3 Å². The van der Waals surface area contributed by atoms with Crippen molar-refractivity contribution < 1.29 is 14.3 Å². The van der Waals surface area contributed by atoms with E-state index in [-0.39, 0.29) is 12.1 Å². The van der Waals surface area contributed by atoms with Crippen molar-refractivity contribution in [3.63, 3.8) is 0 Å². The van der Waals surface area contributed by atoms with E-state index in [0.717, 1.165) is 16.2 Å². The first-order chi connectivity index (χ1) is 13.6. The molecule has 1 aromatic carbocycles. The number of carbonyl (C=O) groups excluding carboxylic acids is 1. The summed E-state index contributed by atoms with van der Waals surface area (Å²) in [4.78, 5) is 19.5. The third-order valence-electron chi connectivity index (χ3n) is 4.38. The summed E-state index contributed by atoms with van der Waals surface area (Å²) >= 11 is 1.64. The molecule has 2 heterocycles. The van der Waals surface area contributed by atoms with E-state index < -0.39 is 0 Å². The highest BCUT2D eigenvalue weighted by Gasteiger charge is 2.17. The van der Waals surface area contributed by atoms with Crippen LogP contribution >= 0.6 is 11.3 Å². The monoisotopic (exact) mass is 397 g/mol. The molecular formula is C21H23N3O3S. The maximum Gasteiger partial charge on any atom is 0.317 e. The van der Waals surface area contributed by atoms with Gasteiger partial charge in [-0.3, -0.25) is 0 Å². The predicted molar refractivity (Wildman–Crippen MR) is 110 cm³/mol. The first-order valence-electron chi connectivity index (χ1n) is 8.87. The van der Waals surface area contributed by atoms with Crippen LogP contribution in [-0.4, -0.2) is 30.1 Å². The van der Waals surface area contributed by atoms with Crippen molar-refractivity contribution in [2.75, 3.05) is 14.2 Å². The van der Waals surface area contributed by atoms with Crippen molar-refractivity contribution in [2.45, 2.75) is 19.5 Å². The van der Waals surface area contributed by atoms with Gasteiger partial charge in [0.2, 0.25) is 5.88 Å². The maximum atomic E-state index is 12.5. The molecule has 3 aromatic rings.